The van der Waals surface area contributed by atoms with E-state index in [0.717, 1.165) is 11.4 Å². The first-order chi connectivity index (χ1) is 11.8. The number of rotatable bonds is 5. The molecule has 0 atom stereocenters. The molecular formula is C19H17N3O2. The smallest absolute Gasteiger partial charge is 0.274 e. The van der Waals surface area contributed by atoms with Crippen molar-refractivity contribution in [1.29, 1.82) is 0 Å². The van der Waals surface area contributed by atoms with Gasteiger partial charge in [0, 0.05) is 5.69 Å². The number of methoxy groups -OCH3 is 1. The number of nitrogens with one attached hydrogen (secondary N) is 2. The summed E-state index contributed by atoms with van der Waals surface area (Å²) in [5.41, 5.74) is 2.72. The first-order valence-electron chi connectivity index (χ1n) is 7.49. The molecule has 5 heteroatoms. The maximum Gasteiger partial charge on any atom is 0.274 e. The Morgan fingerprint density at radius 3 is 2.38 bits per heavy atom. The van der Waals surface area contributed by atoms with Crippen LogP contribution in [0.15, 0.2) is 72.9 Å². The molecule has 1 amide bonds. The fourth-order valence-electron chi connectivity index (χ4n) is 2.22. The summed E-state index contributed by atoms with van der Waals surface area (Å²) in [4.78, 5) is 16.5. The number of amides is 1. The van der Waals surface area contributed by atoms with E-state index in [0.29, 0.717) is 17.1 Å². The Balaban J connectivity index is 1.70. The van der Waals surface area contributed by atoms with Gasteiger partial charge in [-0.15, -0.1) is 0 Å². The quantitative estimate of drug-likeness (QED) is 0.743. The summed E-state index contributed by atoms with van der Waals surface area (Å²) < 4.78 is 5.22. The van der Waals surface area contributed by atoms with E-state index in [-0.39, 0.29) is 5.91 Å². The predicted octanol–water partition coefficient (Wildman–Crippen LogP) is 4.09. The van der Waals surface area contributed by atoms with Crippen molar-refractivity contribution in [2.24, 2.45) is 0 Å². The fourth-order valence-corrected chi connectivity index (χ4v) is 2.22. The Kier molecular flexibility index (Phi) is 4.72. The highest BCUT2D eigenvalue weighted by Gasteiger charge is 2.10. The number of pyridine rings is 1. The summed E-state index contributed by atoms with van der Waals surface area (Å²) in [6.07, 6.45) is 1.63. The zero-order chi connectivity index (χ0) is 16.8. The highest BCUT2D eigenvalue weighted by molar-refractivity contribution is 6.03. The second kappa shape index (κ2) is 7.28. The molecule has 0 saturated carbocycles. The van der Waals surface area contributed by atoms with Gasteiger partial charge in [0.15, 0.2) is 0 Å². The minimum Gasteiger partial charge on any atom is -0.495 e. The van der Waals surface area contributed by atoms with Crippen LogP contribution in [0.5, 0.6) is 5.75 Å². The third-order valence-electron chi connectivity index (χ3n) is 3.41. The van der Waals surface area contributed by atoms with Gasteiger partial charge in [0.25, 0.3) is 5.91 Å². The molecule has 0 saturated heterocycles. The zero-order valence-corrected chi connectivity index (χ0v) is 13.2. The molecule has 5 nitrogen and oxygen atoms in total. The van der Waals surface area contributed by atoms with Crippen LogP contribution in [-0.2, 0) is 0 Å². The summed E-state index contributed by atoms with van der Waals surface area (Å²) in [6.45, 7) is 0. The van der Waals surface area contributed by atoms with Gasteiger partial charge in [-0.25, -0.2) is 4.98 Å². The van der Waals surface area contributed by atoms with Crippen LogP contribution in [-0.4, -0.2) is 18.0 Å². The summed E-state index contributed by atoms with van der Waals surface area (Å²) >= 11 is 0. The second-order valence-corrected chi connectivity index (χ2v) is 5.08. The molecule has 1 aromatic heterocycles. The molecule has 1 heterocycles. The standard InChI is InChI=1S/C19H17N3O2/c1-24-18-10-6-5-9-16(18)22-19(23)17-12-11-15(13-20-17)21-14-7-3-2-4-8-14/h2-13,21H,1H3,(H,22,23). The van der Waals surface area contributed by atoms with Crippen molar-refractivity contribution in [3.63, 3.8) is 0 Å². The van der Waals surface area contributed by atoms with E-state index in [9.17, 15) is 4.79 Å². The van der Waals surface area contributed by atoms with Crippen molar-refractivity contribution < 1.29 is 9.53 Å². The van der Waals surface area contributed by atoms with Gasteiger partial charge >= 0.3 is 0 Å². The lowest BCUT2D eigenvalue weighted by molar-refractivity contribution is 0.102. The Bertz CT molecular complexity index is 818. The lowest BCUT2D eigenvalue weighted by Gasteiger charge is -2.10. The van der Waals surface area contributed by atoms with E-state index in [1.807, 2.05) is 48.5 Å². The van der Waals surface area contributed by atoms with Crippen LogP contribution in [0, 0.1) is 0 Å². The molecule has 2 aromatic carbocycles. The SMILES string of the molecule is COc1ccccc1NC(=O)c1ccc(Nc2ccccc2)cn1. The number of carbonyl (C=O) groups excluding carboxylic acids is 1. The third kappa shape index (κ3) is 3.70. The molecule has 0 aliphatic carbocycles. The lowest BCUT2D eigenvalue weighted by Crippen LogP contribution is -2.14. The molecule has 0 radical (unpaired) electrons. The summed E-state index contributed by atoms with van der Waals surface area (Å²) in [5.74, 6) is 0.318. The largest absolute Gasteiger partial charge is 0.495 e. The van der Waals surface area contributed by atoms with Crippen LogP contribution in [0.1, 0.15) is 10.5 Å². The molecular weight excluding hydrogens is 302 g/mol. The number of ether oxygens (including phenoxy) is 1. The number of benzene rings is 2. The van der Waals surface area contributed by atoms with E-state index < -0.39 is 0 Å². The maximum absolute atomic E-state index is 12.3. The number of nitrogens with zero attached hydrogens (tertiary/aromatic N) is 1. The topological polar surface area (TPSA) is 63.2 Å². The number of para-hydroxylation sites is 3. The monoisotopic (exact) mass is 319 g/mol. The molecule has 120 valence electrons. The summed E-state index contributed by atoms with van der Waals surface area (Å²) in [5, 5.41) is 6.02. The molecule has 0 fully saturated rings. The molecule has 3 aromatic rings. The van der Waals surface area contributed by atoms with Gasteiger partial charge < -0.3 is 15.4 Å². The molecule has 3 rings (SSSR count). The predicted molar refractivity (Wildman–Crippen MR) is 94.9 cm³/mol. The Morgan fingerprint density at radius 1 is 0.917 bits per heavy atom. The van der Waals surface area contributed by atoms with Crippen LogP contribution < -0.4 is 15.4 Å². The van der Waals surface area contributed by atoms with Gasteiger partial charge in [-0.05, 0) is 36.4 Å². The molecule has 0 unspecified atom stereocenters. The molecule has 0 aliphatic rings. The van der Waals surface area contributed by atoms with Crippen LogP contribution in [0.3, 0.4) is 0 Å². The lowest BCUT2D eigenvalue weighted by atomic mass is 10.2. The van der Waals surface area contributed by atoms with Crippen LogP contribution >= 0.6 is 0 Å². The highest BCUT2D eigenvalue weighted by atomic mass is 16.5. The van der Waals surface area contributed by atoms with Gasteiger partial charge in [-0.3, -0.25) is 4.79 Å². The Labute approximate surface area is 140 Å². The van der Waals surface area contributed by atoms with E-state index in [1.54, 1.807) is 31.5 Å². The average molecular weight is 319 g/mol. The molecule has 0 aliphatic heterocycles. The Hall–Kier alpha value is -3.34. The number of anilines is 3. The molecule has 0 bridgehead atoms. The maximum atomic E-state index is 12.3. The average Bonchev–Trinajstić information content (AvgIpc) is 2.63. The molecule has 0 spiro atoms. The van der Waals surface area contributed by atoms with Crippen molar-refractivity contribution in [3.8, 4) is 5.75 Å². The molecule has 24 heavy (non-hydrogen) atoms. The highest BCUT2D eigenvalue weighted by Crippen LogP contribution is 2.23. The molecule has 2 N–H and O–H groups in total. The van der Waals surface area contributed by atoms with Gasteiger partial charge in [0.2, 0.25) is 0 Å². The van der Waals surface area contributed by atoms with Crippen LogP contribution in [0.2, 0.25) is 0 Å². The van der Waals surface area contributed by atoms with Gasteiger partial charge in [-0.1, -0.05) is 30.3 Å². The van der Waals surface area contributed by atoms with Crippen molar-refractivity contribution >= 4 is 23.0 Å². The van der Waals surface area contributed by atoms with Crippen molar-refractivity contribution in [1.82, 2.24) is 4.98 Å². The first kappa shape index (κ1) is 15.6. The van der Waals surface area contributed by atoms with E-state index in [1.165, 1.54) is 0 Å². The van der Waals surface area contributed by atoms with Gasteiger partial charge in [0.1, 0.15) is 11.4 Å². The van der Waals surface area contributed by atoms with Crippen LogP contribution in [0.4, 0.5) is 17.1 Å². The number of carbonyl (C=O) groups is 1. The van der Waals surface area contributed by atoms with Crippen molar-refractivity contribution in [2.75, 3.05) is 17.7 Å². The third-order valence-corrected chi connectivity index (χ3v) is 3.41. The minimum absolute atomic E-state index is 0.286. The minimum atomic E-state index is -0.286. The Morgan fingerprint density at radius 2 is 1.67 bits per heavy atom. The number of aromatic nitrogens is 1. The zero-order valence-electron chi connectivity index (χ0n) is 13.2. The van der Waals surface area contributed by atoms with E-state index in [4.69, 9.17) is 4.74 Å². The fraction of sp³-hybridized carbons (Fsp3) is 0.0526. The summed E-state index contributed by atoms with van der Waals surface area (Å²) in [6, 6.07) is 20.5. The number of hydrogen-bond donors (Lipinski definition) is 2. The van der Waals surface area contributed by atoms with Crippen molar-refractivity contribution in [2.45, 2.75) is 0 Å². The van der Waals surface area contributed by atoms with Gasteiger partial charge in [-0.2, -0.15) is 0 Å². The summed E-state index contributed by atoms with van der Waals surface area (Å²) in [7, 11) is 1.56. The first-order valence-corrected chi connectivity index (χ1v) is 7.49. The van der Waals surface area contributed by atoms with E-state index >= 15 is 0 Å². The van der Waals surface area contributed by atoms with Crippen molar-refractivity contribution in [3.05, 3.63) is 78.6 Å². The van der Waals surface area contributed by atoms with Crippen LogP contribution in [0.25, 0.3) is 0 Å². The normalized spacial score (nSPS) is 10.0. The van der Waals surface area contributed by atoms with Gasteiger partial charge in [0.05, 0.1) is 24.7 Å². The van der Waals surface area contributed by atoms with E-state index in [2.05, 4.69) is 15.6 Å². The second-order valence-electron chi connectivity index (χ2n) is 5.08. The number of hydrogen-bond acceptors (Lipinski definition) is 4.